The van der Waals surface area contributed by atoms with Crippen molar-refractivity contribution < 1.29 is 4.79 Å². The minimum atomic E-state index is 0.325. The highest BCUT2D eigenvalue weighted by atomic mass is 16.2. The highest BCUT2D eigenvalue weighted by molar-refractivity contribution is 5.78. The molecular formula is C15H30N2O. The fraction of sp³-hybridized carbons (Fsp3) is 0.933. The zero-order valence-electron chi connectivity index (χ0n) is 12.6. The predicted octanol–water partition coefficient (Wildman–Crippen LogP) is 2.61. The summed E-state index contributed by atoms with van der Waals surface area (Å²) in [6.07, 6.45) is 3.65. The van der Waals surface area contributed by atoms with Crippen LogP contribution in [0.5, 0.6) is 0 Å². The number of likely N-dealkylation sites (tertiary alicyclic amines) is 1. The van der Waals surface area contributed by atoms with Crippen LogP contribution < -0.4 is 0 Å². The SMILES string of the molecule is CCCCN(CC)CC(=O)N1CC(C)CC(C)C1. The van der Waals surface area contributed by atoms with E-state index in [0.717, 1.165) is 26.2 Å². The number of nitrogens with zero attached hydrogens (tertiary/aromatic N) is 2. The topological polar surface area (TPSA) is 23.6 Å². The van der Waals surface area contributed by atoms with Crippen molar-refractivity contribution in [3.63, 3.8) is 0 Å². The van der Waals surface area contributed by atoms with Gasteiger partial charge in [-0.3, -0.25) is 9.69 Å². The number of amides is 1. The van der Waals surface area contributed by atoms with Gasteiger partial charge in [-0.15, -0.1) is 0 Å². The van der Waals surface area contributed by atoms with Crippen LogP contribution in [0.4, 0.5) is 0 Å². The number of hydrogen-bond acceptors (Lipinski definition) is 2. The van der Waals surface area contributed by atoms with Gasteiger partial charge in [-0.25, -0.2) is 0 Å². The molecule has 0 aliphatic carbocycles. The fourth-order valence-corrected chi connectivity index (χ4v) is 2.89. The molecular weight excluding hydrogens is 224 g/mol. The molecule has 1 aliphatic rings. The number of piperidine rings is 1. The van der Waals surface area contributed by atoms with Crippen molar-refractivity contribution in [2.75, 3.05) is 32.7 Å². The maximum atomic E-state index is 12.3. The first kappa shape index (κ1) is 15.5. The van der Waals surface area contributed by atoms with Crippen LogP contribution in [0.15, 0.2) is 0 Å². The summed E-state index contributed by atoms with van der Waals surface area (Å²) < 4.78 is 0. The van der Waals surface area contributed by atoms with Crippen molar-refractivity contribution in [3.8, 4) is 0 Å². The predicted molar refractivity (Wildman–Crippen MR) is 76.5 cm³/mol. The minimum Gasteiger partial charge on any atom is -0.341 e. The molecule has 1 aliphatic heterocycles. The average Bonchev–Trinajstić information content (AvgIpc) is 2.32. The van der Waals surface area contributed by atoms with Crippen LogP contribution in [-0.4, -0.2) is 48.4 Å². The molecule has 18 heavy (non-hydrogen) atoms. The van der Waals surface area contributed by atoms with Gasteiger partial charge in [0.05, 0.1) is 6.54 Å². The number of hydrogen-bond donors (Lipinski definition) is 0. The number of carbonyl (C=O) groups excluding carboxylic acids is 1. The second-order valence-electron chi connectivity index (χ2n) is 5.97. The molecule has 0 bridgehead atoms. The van der Waals surface area contributed by atoms with Gasteiger partial charge >= 0.3 is 0 Å². The van der Waals surface area contributed by atoms with Crippen LogP contribution in [0.3, 0.4) is 0 Å². The molecule has 3 heteroatoms. The molecule has 1 rings (SSSR count). The summed E-state index contributed by atoms with van der Waals surface area (Å²) in [7, 11) is 0. The quantitative estimate of drug-likeness (QED) is 0.727. The van der Waals surface area contributed by atoms with Crippen LogP contribution in [0, 0.1) is 11.8 Å². The molecule has 1 amide bonds. The first-order valence-corrected chi connectivity index (χ1v) is 7.56. The van der Waals surface area contributed by atoms with Gasteiger partial charge in [0.15, 0.2) is 0 Å². The Hall–Kier alpha value is -0.570. The van der Waals surface area contributed by atoms with Crippen LogP contribution in [0.2, 0.25) is 0 Å². The Morgan fingerprint density at radius 2 is 1.83 bits per heavy atom. The lowest BCUT2D eigenvalue weighted by atomic mass is 9.92. The van der Waals surface area contributed by atoms with Gasteiger partial charge in [0, 0.05) is 13.1 Å². The van der Waals surface area contributed by atoms with E-state index >= 15 is 0 Å². The maximum Gasteiger partial charge on any atom is 0.236 e. The van der Waals surface area contributed by atoms with Crippen LogP contribution in [0.1, 0.15) is 47.0 Å². The third kappa shape index (κ3) is 4.97. The van der Waals surface area contributed by atoms with Crippen molar-refractivity contribution >= 4 is 5.91 Å². The van der Waals surface area contributed by atoms with Crippen LogP contribution >= 0.6 is 0 Å². The van der Waals surface area contributed by atoms with Gasteiger partial charge in [0.1, 0.15) is 0 Å². The highest BCUT2D eigenvalue weighted by Gasteiger charge is 2.25. The summed E-state index contributed by atoms with van der Waals surface area (Å²) in [5.41, 5.74) is 0. The van der Waals surface area contributed by atoms with Crippen molar-refractivity contribution in [1.82, 2.24) is 9.80 Å². The summed E-state index contributed by atoms with van der Waals surface area (Å²) in [5.74, 6) is 1.64. The number of rotatable bonds is 6. The summed E-state index contributed by atoms with van der Waals surface area (Å²) in [6, 6.07) is 0. The van der Waals surface area contributed by atoms with Gasteiger partial charge in [-0.1, -0.05) is 34.1 Å². The van der Waals surface area contributed by atoms with Crippen LogP contribution in [0.25, 0.3) is 0 Å². The third-order valence-corrected chi connectivity index (χ3v) is 3.86. The van der Waals surface area contributed by atoms with Crippen LogP contribution in [-0.2, 0) is 4.79 Å². The Bertz CT molecular complexity index is 245. The molecule has 0 aromatic carbocycles. The van der Waals surface area contributed by atoms with E-state index in [0.29, 0.717) is 24.3 Å². The number of carbonyl (C=O) groups is 1. The third-order valence-electron chi connectivity index (χ3n) is 3.86. The first-order chi connectivity index (χ1) is 8.56. The molecule has 2 unspecified atom stereocenters. The Kier molecular flexibility index (Phi) is 6.69. The van der Waals surface area contributed by atoms with Crippen molar-refractivity contribution in [2.24, 2.45) is 11.8 Å². The van der Waals surface area contributed by atoms with E-state index in [1.165, 1.54) is 19.3 Å². The smallest absolute Gasteiger partial charge is 0.236 e. The summed E-state index contributed by atoms with van der Waals surface area (Å²) in [5, 5.41) is 0. The monoisotopic (exact) mass is 254 g/mol. The maximum absolute atomic E-state index is 12.3. The van der Waals surface area contributed by atoms with Crippen molar-refractivity contribution in [3.05, 3.63) is 0 Å². The fourth-order valence-electron chi connectivity index (χ4n) is 2.89. The molecule has 0 radical (unpaired) electrons. The molecule has 0 saturated carbocycles. The van der Waals surface area contributed by atoms with Gasteiger partial charge in [0.25, 0.3) is 0 Å². The van der Waals surface area contributed by atoms with Gasteiger partial charge < -0.3 is 4.90 Å². The molecule has 2 atom stereocenters. The summed E-state index contributed by atoms with van der Waals surface area (Å²) in [4.78, 5) is 16.7. The molecule has 1 heterocycles. The Balaban J connectivity index is 2.42. The molecule has 0 aromatic heterocycles. The van der Waals surface area contributed by atoms with Gasteiger partial charge in [-0.05, 0) is 37.8 Å². The molecule has 0 spiro atoms. The minimum absolute atomic E-state index is 0.325. The Morgan fingerprint density at radius 3 is 2.33 bits per heavy atom. The lowest BCUT2D eigenvalue weighted by Gasteiger charge is -2.36. The van der Waals surface area contributed by atoms with Gasteiger partial charge in [0.2, 0.25) is 5.91 Å². The number of likely N-dealkylation sites (N-methyl/N-ethyl adjacent to an activating group) is 1. The largest absolute Gasteiger partial charge is 0.341 e. The second-order valence-corrected chi connectivity index (χ2v) is 5.97. The lowest BCUT2D eigenvalue weighted by Crippen LogP contribution is -2.47. The standard InChI is InChI=1S/C15H30N2O/c1-5-7-8-16(6-2)12-15(18)17-10-13(3)9-14(4)11-17/h13-14H,5-12H2,1-4H3. The van der Waals surface area contributed by atoms with E-state index < -0.39 is 0 Å². The average molecular weight is 254 g/mol. The molecule has 0 aromatic rings. The zero-order chi connectivity index (χ0) is 13.5. The van der Waals surface area contributed by atoms with E-state index in [4.69, 9.17) is 0 Å². The molecule has 1 fully saturated rings. The van der Waals surface area contributed by atoms with E-state index in [9.17, 15) is 4.79 Å². The lowest BCUT2D eigenvalue weighted by molar-refractivity contribution is -0.135. The zero-order valence-corrected chi connectivity index (χ0v) is 12.6. The highest BCUT2D eigenvalue weighted by Crippen LogP contribution is 2.21. The van der Waals surface area contributed by atoms with E-state index in [2.05, 4.69) is 37.5 Å². The molecule has 1 saturated heterocycles. The Morgan fingerprint density at radius 1 is 1.22 bits per heavy atom. The molecule has 3 nitrogen and oxygen atoms in total. The summed E-state index contributed by atoms with van der Waals surface area (Å²) in [6.45, 7) is 13.4. The van der Waals surface area contributed by atoms with E-state index in [1.54, 1.807) is 0 Å². The van der Waals surface area contributed by atoms with E-state index in [-0.39, 0.29) is 0 Å². The van der Waals surface area contributed by atoms with Crippen molar-refractivity contribution in [2.45, 2.75) is 47.0 Å². The molecule has 106 valence electrons. The molecule has 0 N–H and O–H groups in total. The van der Waals surface area contributed by atoms with E-state index in [1.807, 2.05) is 0 Å². The first-order valence-electron chi connectivity index (χ1n) is 7.56. The Labute approximate surface area is 113 Å². The number of unbranched alkanes of at least 4 members (excludes halogenated alkanes) is 1. The second kappa shape index (κ2) is 7.78. The summed E-state index contributed by atoms with van der Waals surface area (Å²) >= 11 is 0. The van der Waals surface area contributed by atoms with Gasteiger partial charge in [-0.2, -0.15) is 0 Å². The van der Waals surface area contributed by atoms with Crippen molar-refractivity contribution in [1.29, 1.82) is 0 Å². The normalized spacial score (nSPS) is 24.6.